The van der Waals surface area contributed by atoms with Gasteiger partial charge in [-0.1, -0.05) is 13.8 Å². The number of hydrogen-bond donors (Lipinski definition) is 1. The Kier molecular flexibility index (Phi) is 4.06. The predicted molar refractivity (Wildman–Crippen MR) is 78.1 cm³/mol. The summed E-state index contributed by atoms with van der Waals surface area (Å²) in [5.74, 6) is -0.312. The zero-order valence-electron chi connectivity index (χ0n) is 12.6. The average Bonchev–Trinajstić information content (AvgIpc) is 2.76. The number of carbonyl (C=O) groups excluding carboxylic acids is 2. The molecule has 6 heteroatoms. The van der Waals surface area contributed by atoms with Gasteiger partial charge in [0.25, 0.3) is 5.91 Å². The number of ether oxygens (including phenoxy) is 1. The second-order valence-electron chi connectivity index (χ2n) is 5.34. The Labute approximate surface area is 123 Å². The van der Waals surface area contributed by atoms with Crippen molar-refractivity contribution in [2.75, 3.05) is 6.61 Å². The van der Waals surface area contributed by atoms with Crippen LogP contribution in [-0.4, -0.2) is 34.8 Å². The highest BCUT2D eigenvalue weighted by Crippen LogP contribution is 2.27. The van der Waals surface area contributed by atoms with E-state index >= 15 is 0 Å². The number of pyridine rings is 1. The highest BCUT2D eigenvalue weighted by atomic mass is 16.5. The number of rotatable bonds is 4. The molecule has 1 amide bonds. The Morgan fingerprint density at radius 3 is 2.76 bits per heavy atom. The van der Waals surface area contributed by atoms with Crippen molar-refractivity contribution >= 4 is 17.7 Å². The molecule has 0 aromatic carbocycles. The summed E-state index contributed by atoms with van der Waals surface area (Å²) in [5.41, 5.74) is -0.209. The average molecular weight is 289 g/mol. The van der Waals surface area contributed by atoms with Gasteiger partial charge in [0.2, 0.25) is 0 Å². The molecule has 112 valence electrons. The fourth-order valence-electron chi connectivity index (χ4n) is 2.02. The van der Waals surface area contributed by atoms with Crippen LogP contribution in [0.1, 0.15) is 43.7 Å². The molecule has 0 saturated carbocycles. The Bertz CT molecular complexity index is 610. The minimum absolute atomic E-state index is 0.0322. The van der Waals surface area contributed by atoms with Gasteiger partial charge in [0, 0.05) is 6.20 Å². The summed E-state index contributed by atoms with van der Waals surface area (Å²) in [6, 6.07) is 3.26. The molecule has 1 atom stereocenters. The summed E-state index contributed by atoms with van der Waals surface area (Å²) in [5, 5.41) is 2.72. The number of nitrogens with one attached hydrogen (secondary N) is 1. The Balaban J connectivity index is 2.45. The Morgan fingerprint density at radius 1 is 1.48 bits per heavy atom. The third kappa shape index (κ3) is 2.66. The van der Waals surface area contributed by atoms with E-state index in [0.29, 0.717) is 17.1 Å². The number of esters is 1. The van der Waals surface area contributed by atoms with Gasteiger partial charge in [0.15, 0.2) is 5.84 Å². The first kappa shape index (κ1) is 15.2. The van der Waals surface area contributed by atoms with Gasteiger partial charge >= 0.3 is 5.97 Å². The van der Waals surface area contributed by atoms with Crippen molar-refractivity contribution in [3.8, 4) is 0 Å². The molecule has 0 fully saturated rings. The van der Waals surface area contributed by atoms with E-state index in [4.69, 9.17) is 4.74 Å². The van der Waals surface area contributed by atoms with Crippen molar-refractivity contribution in [2.24, 2.45) is 10.9 Å². The number of nitrogens with zero attached hydrogens (tertiary/aromatic N) is 2. The maximum atomic E-state index is 12.2. The summed E-state index contributed by atoms with van der Waals surface area (Å²) >= 11 is 0. The fraction of sp³-hybridized carbons (Fsp3) is 0.467. The van der Waals surface area contributed by atoms with Gasteiger partial charge in [-0.15, -0.1) is 0 Å². The summed E-state index contributed by atoms with van der Waals surface area (Å²) in [7, 11) is 0. The van der Waals surface area contributed by atoms with Crippen molar-refractivity contribution < 1.29 is 14.3 Å². The van der Waals surface area contributed by atoms with Gasteiger partial charge in [0.05, 0.1) is 12.2 Å². The lowest BCUT2D eigenvalue weighted by Crippen LogP contribution is -2.41. The molecular formula is C15H19N3O3. The molecule has 6 nitrogen and oxygen atoms in total. The van der Waals surface area contributed by atoms with Gasteiger partial charge in [-0.25, -0.2) is 9.79 Å². The van der Waals surface area contributed by atoms with E-state index in [9.17, 15) is 9.59 Å². The molecule has 1 aromatic heterocycles. The molecule has 1 aliphatic rings. The lowest BCUT2D eigenvalue weighted by atomic mass is 9.89. The minimum Gasteiger partial charge on any atom is -0.462 e. The van der Waals surface area contributed by atoms with Crippen LogP contribution in [0.5, 0.6) is 0 Å². The standard InChI is InChI=1S/C15H19N3O3/c1-5-21-13(19)10-7-6-8-16-11(10)12-17-14(20)15(4,18-12)9(2)3/h6-9H,5H2,1-4H3,(H,17,18,20). The second-order valence-corrected chi connectivity index (χ2v) is 5.34. The van der Waals surface area contributed by atoms with Crippen molar-refractivity contribution in [3.63, 3.8) is 0 Å². The summed E-state index contributed by atoms with van der Waals surface area (Å²) in [6.45, 7) is 7.63. The van der Waals surface area contributed by atoms with E-state index in [2.05, 4.69) is 15.3 Å². The van der Waals surface area contributed by atoms with Crippen LogP contribution in [0.15, 0.2) is 23.3 Å². The molecule has 1 unspecified atom stereocenters. The highest BCUT2D eigenvalue weighted by molar-refractivity contribution is 6.17. The first-order valence-corrected chi connectivity index (χ1v) is 6.94. The summed E-state index contributed by atoms with van der Waals surface area (Å²) in [4.78, 5) is 32.8. The number of carbonyl (C=O) groups is 2. The van der Waals surface area contributed by atoms with Crippen molar-refractivity contribution in [1.82, 2.24) is 10.3 Å². The van der Waals surface area contributed by atoms with Crippen LogP contribution >= 0.6 is 0 Å². The van der Waals surface area contributed by atoms with Gasteiger partial charge < -0.3 is 10.1 Å². The number of amides is 1. The molecule has 1 aromatic rings. The molecule has 0 saturated heterocycles. The van der Waals surface area contributed by atoms with E-state index < -0.39 is 11.5 Å². The lowest BCUT2D eigenvalue weighted by molar-refractivity contribution is -0.124. The van der Waals surface area contributed by atoms with E-state index in [1.807, 2.05) is 13.8 Å². The van der Waals surface area contributed by atoms with Gasteiger partial charge in [-0.2, -0.15) is 0 Å². The molecule has 1 N–H and O–H groups in total. The number of aliphatic imine (C=N–C) groups is 1. The molecule has 0 spiro atoms. The number of amidine groups is 1. The van der Waals surface area contributed by atoms with Crippen molar-refractivity contribution in [1.29, 1.82) is 0 Å². The molecule has 2 heterocycles. The Morgan fingerprint density at radius 2 is 2.19 bits per heavy atom. The van der Waals surface area contributed by atoms with Crippen LogP contribution in [0.3, 0.4) is 0 Å². The van der Waals surface area contributed by atoms with E-state index in [1.54, 1.807) is 32.2 Å². The van der Waals surface area contributed by atoms with Crippen LogP contribution in [0.4, 0.5) is 0 Å². The monoisotopic (exact) mass is 289 g/mol. The molecular weight excluding hydrogens is 270 g/mol. The van der Waals surface area contributed by atoms with Crippen molar-refractivity contribution in [3.05, 3.63) is 29.6 Å². The van der Waals surface area contributed by atoms with E-state index in [0.717, 1.165) is 0 Å². The van der Waals surface area contributed by atoms with E-state index in [-0.39, 0.29) is 18.4 Å². The third-order valence-electron chi connectivity index (χ3n) is 3.69. The second kappa shape index (κ2) is 5.63. The molecule has 0 aliphatic carbocycles. The molecule has 2 rings (SSSR count). The van der Waals surface area contributed by atoms with Crippen LogP contribution in [-0.2, 0) is 9.53 Å². The Hall–Kier alpha value is -2.24. The summed E-state index contributed by atoms with van der Waals surface area (Å²) < 4.78 is 5.01. The van der Waals surface area contributed by atoms with Gasteiger partial charge in [-0.05, 0) is 31.9 Å². The van der Waals surface area contributed by atoms with Crippen LogP contribution < -0.4 is 5.32 Å². The molecule has 1 aliphatic heterocycles. The normalized spacial score (nSPS) is 21.2. The molecule has 21 heavy (non-hydrogen) atoms. The van der Waals surface area contributed by atoms with Crippen molar-refractivity contribution in [2.45, 2.75) is 33.2 Å². The third-order valence-corrected chi connectivity index (χ3v) is 3.69. The number of hydrogen-bond acceptors (Lipinski definition) is 5. The topological polar surface area (TPSA) is 80.7 Å². The highest BCUT2D eigenvalue weighted by Gasteiger charge is 2.43. The quantitative estimate of drug-likeness (QED) is 0.853. The largest absolute Gasteiger partial charge is 0.462 e. The zero-order valence-corrected chi connectivity index (χ0v) is 12.6. The first-order valence-electron chi connectivity index (χ1n) is 6.94. The van der Waals surface area contributed by atoms with Gasteiger partial charge in [-0.3, -0.25) is 9.78 Å². The van der Waals surface area contributed by atoms with Crippen LogP contribution in [0.25, 0.3) is 0 Å². The van der Waals surface area contributed by atoms with Gasteiger partial charge in [0.1, 0.15) is 11.2 Å². The fourth-order valence-corrected chi connectivity index (χ4v) is 2.02. The molecule has 0 bridgehead atoms. The zero-order chi connectivity index (χ0) is 15.6. The van der Waals surface area contributed by atoms with Crippen LogP contribution in [0, 0.1) is 5.92 Å². The maximum Gasteiger partial charge on any atom is 0.340 e. The first-order chi connectivity index (χ1) is 9.90. The smallest absolute Gasteiger partial charge is 0.340 e. The molecule has 0 radical (unpaired) electrons. The summed E-state index contributed by atoms with van der Waals surface area (Å²) in [6.07, 6.45) is 1.55. The minimum atomic E-state index is -0.848. The number of aromatic nitrogens is 1. The predicted octanol–water partition coefficient (Wildman–Crippen LogP) is 1.55. The lowest BCUT2D eigenvalue weighted by Gasteiger charge is -2.21. The SMILES string of the molecule is CCOC(=O)c1cccnc1C1=NC(C)(C(C)C)C(=O)N1. The maximum absolute atomic E-state index is 12.2. The van der Waals surface area contributed by atoms with E-state index in [1.165, 1.54) is 0 Å². The van der Waals surface area contributed by atoms with Crippen LogP contribution in [0.2, 0.25) is 0 Å².